The van der Waals surface area contributed by atoms with Gasteiger partial charge in [-0.05, 0) is 19.1 Å². The van der Waals surface area contributed by atoms with Gasteiger partial charge in [0.25, 0.3) is 5.91 Å². The van der Waals surface area contributed by atoms with Gasteiger partial charge in [0.2, 0.25) is 0 Å². The highest BCUT2D eigenvalue weighted by molar-refractivity contribution is 7.09. The summed E-state index contributed by atoms with van der Waals surface area (Å²) in [5.41, 5.74) is 1.08. The summed E-state index contributed by atoms with van der Waals surface area (Å²) in [4.78, 5) is 19.2. The summed E-state index contributed by atoms with van der Waals surface area (Å²) < 4.78 is 10.9. The van der Waals surface area contributed by atoms with Crippen LogP contribution in [0.4, 0.5) is 0 Å². The van der Waals surface area contributed by atoms with Crippen LogP contribution < -0.4 is 5.32 Å². The molecule has 6 nitrogen and oxygen atoms in total. The number of furan rings is 1. The van der Waals surface area contributed by atoms with Crippen molar-refractivity contribution >= 4 is 17.2 Å². The zero-order valence-electron chi connectivity index (χ0n) is 13.7. The molecule has 24 heavy (non-hydrogen) atoms. The Bertz CT molecular complexity index is 714. The third-order valence-corrected chi connectivity index (χ3v) is 5.91. The van der Waals surface area contributed by atoms with E-state index in [0.717, 1.165) is 36.9 Å². The van der Waals surface area contributed by atoms with E-state index in [-0.39, 0.29) is 11.3 Å². The Morgan fingerprint density at radius 2 is 2.50 bits per heavy atom. The molecule has 0 spiro atoms. The molecule has 7 heteroatoms. The molecule has 0 unspecified atom stereocenters. The predicted molar refractivity (Wildman–Crippen MR) is 89.9 cm³/mol. The smallest absolute Gasteiger partial charge is 0.286 e. The van der Waals surface area contributed by atoms with E-state index in [9.17, 15) is 4.79 Å². The van der Waals surface area contributed by atoms with Crippen LogP contribution >= 0.6 is 11.3 Å². The average Bonchev–Trinajstić information content (AvgIpc) is 3.29. The maximum atomic E-state index is 12.2. The highest BCUT2D eigenvalue weighted by Crippen LogP contribution is 2.41. The summed E-state index contributed by atoms with van der Waals surface area (Å²) >= 11 is 1.71. The number of likely N-dealkylation sites (tertiary alicyclic amines) is 1. The first kappa shape index (κ1) is 15.8. The first-order valence-corrected chi connectivity index (χ1v) is 9.05. The Balaban J connectivity index is 1.40. The molecule has 2 aromatic heterocycles. The van der Waals surface area contributed by atoms with Gasteiger partial charge in [0, 0.05) is 42.0 Å². The second-order valence-corrected chi connectivity index (χ2v) is 7.73. The van der Waals surface area contributed by atoms with Crippen LogP contribution in [-0.4, -0.2) is 48.6 Å². The van der Waals surface area contributed by atoms with Crippen LogP contribution in [-0.2, 0) is 11.3 Å². The number of aromatic nitrogens is 1. The number of nitrogens with one attached hydrogen (secondary N) is 1. The maximum absolute atomic E-state index is 12.2. The third kappa shape index (κ3) is 2.99. The summed E-state index contributed by atoms with van der Waals surface area (Å²) in [5.74, 6) is 0.652. The molecule has 0 bridgehead atoms. The number of ether oxygens (including phenoxy) is 1. The minimum absolute atomic E-state index is 0.00540. The van der Waals surface area contributed by atoms with Crippen LogP contribution in [0.3, 0.4) is 0 Å². The molecule has 4 rings (SSSR count). The molecule has 2 atom stereocenters. The molecule has 2 fully saturated rings. The lowest BCUT2D eigenvalue weighted by Crippen LogP contribution is -2.43. The number of nitrogens with zero attached hydrogens (tertiary/aromatic N) is 2. The van der Waals surface area contributed by atoms with Crippen molar-refractivity contribution < 1.29 is 13.9 Å². The zero-order chi connectivity index (χ0) is 16.6. The Kier molecular flexibility index (Phi) is 4.15. The lowest BCUT2D eigenvalue weighted by atomic mass is 9.81. The van der Waals surface area contributed by atoms with Crippen molar-refractivity contribution in [1.29, 1.82) is 0 Å². The van der Waals surface area contributed by atoms with E-state index in [1.165, 1.54) is 6.26 Å². The van der Waals surface area contributed by atoms with Gasteiger partial charge >= 0.3 is 0 Å². The van der Waals surface area contributed by atoms with Gasteiger partial charge in [0.15, 0.2) is 5.76 Å². The standard InChI is InChI=1S/C17H21N3O3S/c1-12-8-24-15(19-12)6-20-5-13-7-22-11-17(13,10-20)9-18-16(21)14-3-2-4-23-14/h2-4,8,13H,5-7,9-11H2,1H3,(H,18,21)/t13-,17+/m0/s1. The molecule has 4 heterocycles. The summed E-state index contributed by atoms with van der Waals surface area (Å²) in [6.45, 7) is 6.91. The van der Waals surface area contributed by atoms with Crippen LogP contribution in [0.2, 0.25) is 0 Å². The highest BCUT2D eigenvalue weighted by atomic mass is 32.1. The molecule has 1 amide bonds. The van der Waals surface area contributed by atoms with Crippen molar-refractivity contribution in [3.8, 4) is 0 Å². The molecule has 2 saturated heterocycles. The predicted octanol–water partition coefficient (Wildman–Crippen LogP) is 1.92. The lowest BCUT2D eigenvalue weighted by molar-refractivity contribution is 0.0878. The van der Waals surface area contributed by atoms with Gasteiger partial charge in [-0.3, -0.25) is 9.69 Å². The summed E-state index contributed by atoms with van der Waals surface area (Å²) in [7, 11) is 0. The van der Waals surface area contributed by atoms with Gasteiger partial charge in [0.05, 0.1) is 26.0 Å². The molecule has 2 aliphatic rings. The summed E-state index contributed by atoms with van der Waals surface area (Å²) in [5, 5.41) is 6.27. The van der Waals surface area contributed by atoms with Gasteiger partial charge in [-0.2, -0.15) is 0 Å². The van der Waals surface area contributed by atoms with E-state index in [1.807, 2.05) is 6.92 Å². The van der Waals surface area contributed by atoms with Crippen LogP contribution in [0.15, 0.2) is 28.2 Å². The maximum Gasteiger partial charge on any atom is 0.286 e. The van der Waals surface area contributed by atoms with Crippen molar-refractivity contribution in [3.63, 3.8) is 0 Å². The van der Waals surface area contributed by atoms with Crippen molar-refractivity contribution in [2.45, 2.75) is 13.5 Å². The molecule has 2 aromatic rings. The second kappa shape index (κ2) is 6.31. The molecular weight excluding hydrogens is 326 g/mol. The van der Waals surface area contributed by atoms with Gasteiger partial charge in [-0.25, -0.2) is 4.98 Å². The number of amides is 1. The monoisotopic (exact) mass is 347 g/mol. The first-order valence-electron chi connectivity index (χ1n) is 8.17. The number of rotatable bonds is 5. The Labute approximate surface area is 144 Å². The van der Waals surface area contributed by atoms with Crippen molar-refractivity contribution in [1.82, 2.24) is 15.2 Å². The van der Waals surface area contributed by atoms with Gasteiger partial charge < -0.3 is 14.5 Å². The van der Waals surface area contributed by atoms with E-state index in [1.54, 1.807) is 23.5 Å². The number of aryl methyl sites for hydroxylation is 1. The van der Waals surface area contributed by atoms with Crippen LogP contribution in [0.25, 0.3) is 0 Å². The Morgan fingerprint density at radius 1 is 1.58 bits per heavy atom. The highest BCUT2D eigenvalue weighted by Gasteiger charge is 2.50. The molecule has 0 saturated carbocycles. The van der Waals surface area contributed by atoms with Gasteiger partial charge in [-0.1, -0.05) is 0 Å². The number of fused-ring (bicyclic) bond motifs is 1. The number of carbonyl (C=O) groups is 1. The summed E-state index contributed by atoms with van der Waals surface area (Å²) in [6, 6.07) is 3.41. The number of thiazole rings is 1. The van der Waals surface area contributed by atoms with E-state index in [4.69, 9.17) is 9.15 Å². The van der Waals surface area contributed by atoms with E-state index in [0.29, 0.717) is 24.8 Å². The van der Waals surface area contributed by atoms with E-state index in [2.05, 4.69) is 20.6 Å². The minimum atomic E-state index is -0.158. The van der Waals surface area contributed by atoms with Crippen LogP contribution in [0.5, 0.6) is 0 Å². The number of carbonyl (C=O) groups excluding carboxylic acids is 1. The second-order valence-electron chi connectivity index (χ2n) is 6.79. The van der Waals surface area contributed by atoms with E-state index >= 15 is 0 Å². The van der Waals surface area contributed by atoms with Crippen LogP contribution in [0, 0.1) is 18.3 Å². The Hall–Kier alpha value is -1.70. The van der Waals surface area contributed by atoms with Gasteiger partial charge in [-0.15, -0.1) is 11.3 Å². The normalized spacial score (nSPS) is 26.6. The van der Waals surface area contributed by atoms with E-state index < -0.39 is 0 Å². The quantitative estimate of drug-likeness (QED) is 0.895. The molecular formula is C17H21N3O3S. The SMILES string of the molecule is Cc1csc(CN2C[C@H]3COC[C@@]3(CNC(=O)c3ccco3)C2)n1. The molecule has 2 aliphatic heterocycles. The zero-order valence-corrected chi connectivity index (χ0v) is 14.5. The van der Waals surface area contributed by atoms with Crippen molar-refractivity contribution in [3.05, 3.63) is 40.2 Å². The van der Waals surface area contributed by atoms with Crippen molar-refractivity contribution in [2.75, 3.05) is 32.8 Å². The molecule has 0 radical (unpaired) electrons. The topological polar surface area (TPSA) is 67.6 Å². The fourth-order valence-electron chi connectivity index (χ4n) is 3.73. The Morgan fingerprint density at radius 3 is 3.25 bits per heavy atom. The fraction of sp³-hybridized carbons (Fsp3) is 0.529. The number of hydrogen-bond donors (Lipinski definition) is 1. The third-order valence-electron chi connectivity index (χ3n) is 4.96. The van der Waals surface area contributed by atoms with Crippen molar-refractivity contribution in [2.24, 2.45) is 11.3 Å². The first-order chi connectivity index (χ1) is 11.6. The largest absolute Gasteiger partial charge is 0.459 e. The fourth-order valence-corrected chi connectivity index (χ4v) is 4.54. The molecule has 128 valence electrons. The van der Waals surface area contributed by atoms with Gasteiger partial charge in [0.1, 0.15) is 5.01 Å². The molecule has 0 aromatic carbocycles. The van der Waals surface area contributed by atoms with Crippen LogP contribution in [0.1, 0.15) is 21.3 Å². The lowest BCUT2D eigenvalue weighted by Gasteiger charge is -2.27. The minimum Gasteiger partial charge on any atom is -0.459 e. The average molecular weight is 347 g/mol. The summed E-state index contributed by atoms with van der Waals surface area (Å²) in [6.07, 6.45) is 1.52. The number of hydrogen-bond acceptors (Lipinski definition) is 6. The molecule has 1 N–H and O–H groups in total. The molecule has 0 aliphatic carbocycles.